The Bertz CT molecular complexity index is 1400. The van der Waals surface area contributed by atoms with Crippen molar-refractivity contribution in [3.63, 3.8) is 0 Å². The van der Waals surface area contributed by atoms with Gasteiger partial charge in [0.15, 0.2) is 0 Å². The topological polar surface area (TPSA) is 111 Å². The Morgan fingerprint density at radius 3 is 1.08 bits per heavy atom. The number of phosphoric ester groups is 1. The molecule has 0 radical (unpaired) electrons. The van der Waals surface area contributed by atoms with Gasteiger partial charge in [0, 0.05) is 12.8 Å². The minimum Gasteiger partial charge on any atom is -0.456 e. The number of likely N-dealkylation sites (N-methyl/N-ethyl adjacent to an activating group) is 1. The minimum absolute atomic E-state index is 0.0446. The number of amides is 1. The van der Waals surface area contributed by atoms with Crippen molar-refractivity contribution in [3.05, 3.63) is 24.3 Å². The summed E-state index contributed by atoms with van der Waals surface area (Å²) in [6.45, 7) is 7.06. The maximum atomic E-state index is 13.6. The van der Waals surface area contributed by atoms with Gasteiger partial charge in [-0.3, -0.25) is 18.6 Å². The minimum atomic E-state index is -4.44. The van der Waals surface area contributed by atoms with Crippen LogP contribution in [0.15, 0.2) is 24.3 Å². The van der Waals surface area contributed by atoms with Gasteiger partial charge in [-0.15, -0.1) is 0 Å². The number of rotatable bonds is 64. The number of carbonyl (C=O) groups is 2. The molecular weight excluding hydrogens is 1000 g/mol. The van der Waals surface area contributed by atoms with Crippen LogP contribution in [0.4, 0.5) is 0 Å². The second kappa shape index (κ2) is 59.6. The third-order valence-corrected chi connectivity index (χ3v) is 16.9. The van der Waals surface area contributed by atoms with Crippen molar-refractivity contribution in [2.24, 2.45) is 0 Å². The number of nitrogens with zero attached hydrogens (tertiary/aromatic N) is 1. The lowest BCUT2D eigenvalue weighted by atomic mass is 10.0. The van der Waals surface area contributed by atoms with Crippen LogP contribution >= 0.6 is 7.82 Å². The highest BCUT2D eigenvalue weighted by molar-refractivity contribution is 7.47. The number of nitrogens with one attached hydrogen (secondary N) is 1. The average molecular weight is 1140 g/mol. The maximum Gasteiger partial charge on any atom is 0.472 e. The zero-order valence-electron chi connectivity index (χ0n) is 53.6. The SMILES string of the molecule is CCCCCCCC/C=C/CCCCCCCCCCCCCCCCCCCC(=O)NC(COP(=O)(O)OCC[N+](C)(C)C)C(/C=C\CCCCCCCCCCC)OC(=O)CCCCCCCCCCCCCCCCC. The van der Waals surface area contributed by atoms with Gasteiger partial charge in [0.25, 0.3) is 0 Å². The van der Waals surface area contributed by atoms with E-state index in [0.29, 0.717) is 23.9 Å². The summed E-state index contributed by atoms with van der Waals surface area (Å²) in [5.41, 5.74) is 0. The highest BCUT2D eigenvalue weighted by atomic mass is 31.2. The van der Waals surface area contributed by atoms with Crippen LogP contribution in [0.1, 0.15) is 355 Å². The number of esters is 1. The van der Waals surface area contributed by atoms with Crippen LogP contribution < -0.4 is 5.32 Å². The Balaban J connectivity index is 4.93. The number of unbranched alkanes of at least 4 members (excludes halogenated alkanes) is 46. The lowest BCUT2D eigenvalue weighted by Crippen LogP contribution is -2.47. The predicted octanol–water partition coefficient (Wildman–Crippen LogP) is 21.7. The molecule has 0 rings (SSSR count). The summed E-state index contributed by atoms with van der Waals surface area (Å²) in [5.74, 6) is -0.484. The predicted molar refractivity (Wildman–Crippen MR) is 342 cm³/mol. The van der Waals surface area contributed by atoms with Crippen LogP contribution in [0.5, 0.6) is 0 Å². The van der Waals surface area contributed by atoms with Crippen LogP contribution in [0, 0.1) is 0 Å². The first-order valence-corrected chi connectivity index (χ1v) is 36.2. The third kappa shape index (κ3) is 60.9. The van der Waals surface area contributed by atoms with E-state index in [9.17, 15) is 19.0 Å². The quantitative estimate of drug-likeness (QED) is 0.0205. The largest absolute Gasteiger partial charge is 0.472 e. The molecule has 0 fully saturated rings. The lowest BCUT2D eigenvalue weighted by molar-refractivity contribution is -0.870. The molecule has 0 aromatic rings. The molecule has 0 saturated carbocycles. The highest BCUT2D eigenvalue weighted by Crippen LogP contribution is 2.43. The molecule has 0 aliphatic carbocycles. The molecule has 0 aromatic carbocycles. The molecule has 9 nitrogen and oxygen atoms in total. The van der Waals surface area contributed by atoms with E-state index in [2.05, 4.69) is 38.2 Å². The van der Waals surface area contributed by atoms with Crippen LogP contribution in [0.25, 0.3) is 0 Å². The van der Waals surface area contributed by atoms with Crippen molar-refractivity contribution in [1.82, 2.24) is 5.32 Å². The summed E-state index contributed by atoms with van der Waals surface area (Å²) < 4.78 is 30.8. The smallest absolute Gasteiger partial charge is 0.456 e. The van der Waals surface area contributed by atoms with Crippen LogP contribution in [0.3, 0.4) is 0 Å². The van der Waals surface area contributed by atoms with Crippen molar-refractivity contribution in [2.45, 2.75) is 367 Å². The fraction of sp³-hybridized carbons (Fsp3) is 0.913. The van der Waals surface area contributed by atoms with Gasteiger partial charge in [-0.05, 0) is 57.4 Å². The third-order valence-electron chi connectivity index (χ3n) is 15.9. The van der Waals surface area contributed by atoms with E-state index in [1.807, 2.05) is 33.3 Å². The molecule has 0 bridgehead atoms. The molecule has 79 heavy (non-hydrogen) atoms. The Morgan fingerprint density at radius 1 is 0.430 bits per heavy atom. The first kappa shape index (κ1) is 77.5. The molecule has 0 aromatic heterocycles. The molecule has 10 heteroatoms. The summed E-state index contributed by atoms with van der Waals surface area (Å²) >= 11 is 0. The van der Waals surface area contributed by atoms with Crippen molar-refractivity contribution in [2.75, 3.05) is 40.9 Å². The fourth-order valence-corrected chi connectivity index (χ4v) is 11.3. The summed E-state index contributed by atoms with van der Waals surface area (Å²) in [5, 5.41) is 3.07. The number of quaternary nitrogens is 1. The van der Waals surface area contributed by atoms with Gasteiger partial charge >= 0.3 is 13.8 Å². The normalized spacial score (nSPS) is 13.7. The second-order valence-electron chi connectivity index (χ2n) is 25.1. The molecule has 3 unspecified atom stereocenters. The van der Waals surface area contributed by atoms with E-state index in [-0.39, 0.29) is 25.1 Å². The summed E-state index contributed by atoms with van der Waals surface area (Å²) in [6.07, 6.45) is 71.9. The molecule has 3 atom stereocenters. The summed E-state index contributed by atoms with van der Waals surface area (Å²) in [7, 11) is 1.52. The summed E-state index contributed by atoms with van der Waals surface area (Å²) in [6, 6.07) is -0.841. The Kier molecular flexibility index (Phi) is 58.5. The molecule has 0 heterocycles. The molecule has 0 spiro atoms. The van der Waals surface area contributed by atoms with E-state index < -0.39 is 20.0 Å². The van der Waals surface area contributed by atoms with Crippen LogP contribution in [0.2, 0.25) is 0 Å². The van der Waals surface area contributed by atoms with Crippen LogP contribution in [-0.2, 0) is 27.9 Å². The van der Waals surface area contributed by atoms with E-state index in [4.69, 9.17) is 13.8 Å². The fourth-order valence-electron chi connectivity index (χ4n) is 10.5. The van der Waals surface area contributed by atoms with Gasteiger partial charge in [0.2, 0.25) is 5.91 Å². The van der Waals surface area contributed by atoms with Crippen molar-refractivity contribution < 1.29 is 37.3 Å². The molecule has 0 aliphatic rings. The molecule has 1 amide bonds. The number of carbonyl (C=O) groups excluding carboxylic acids is 2. The highest BCUT2D eigenvalue weighted by Gasteiger charge is 2.30. The van der Waals surface area contributed by atoms with E-state index in [1.54, 1.807) is 0 Å². The van der Waals surface area contributed by atoms with E-state index in [0.717, 1.165) is 57.8 Å². The van der Waals surface area contributed by atoms with Crippen molar-refractivity contribution in [1.29, 1.82) is 0 Å². The zero-order valence-corrected chi connectivity index (χ0v) is 54.5. The van der Waals surface area contributed by atoms with Gasteiger partial charge in [-0.2, -0.15) is 0 Å². The van der Waals surface area contributed by atoms with Gasteiger partial charge < -0.3 is 19.4 Å². The number of phosphoric acid groups is 1. The zero-order chi connectivity index (χ0) is 57.9. The molecular formula is C69H136N2O7P+. The average Bonchev–Trinajstić information content (AvgIpc) is 3.41. The van der Waals surface area contributed by atoms with Crippen molar-refractivity contribution in [3.8, 4) is 0 Å². The number of ether oxygens (including phenoxy) is 1. The van der Waals surface area contributed by atoms with Gasteiger partial charge in [-0.25, -0.2) is 4.57 Å². The maximum absolute atomic E-state index is 13.6. The molecule has 468 valence electrons. The lowest BCUT2D eigenvalue weighted by Gasteiger charge is -2.27. The standard InChI is InChI=1S/C69H135N2O7P/c1-7-10-13-16-19-22-25-27-29-30-31-32-33-34-35-36-37-38-39-40-42-43-46-49-52-55-58-61-68(72)70-66(65-77-79(74,75)76-64-63-71(4,5)6)67(60-57-54-51-48-45-24-21-18-15-12-9-3)78-69(73)62-59-56-53-50-47-44-41-28-26-23-20-17-14-11-8-2/h27,29,57,60,66-67H,7-26,28,30-56,58-59,61-65H2,1-6H3,(H-,70,72,74,75)/p+1/b29-27+,60-57-. The number of hydrogen-bond donors (Lipinski definition) is 2. The van der Waals surface area contributed by atoms with E-state index in [1.165, 1.54) is 263 Å². The number of hydrogen-bond acceptors (Lipinski definition) is 6. The Morgan fingerprint density at radius 2 is 0.734 bits per heavy atom. The molecule has 2 N–H and O–H groups in total. The molecule has 0 aliphatic heterocycles. The first-order chi connectivity index (χ1) is 38.4. The summed E-state index contributed by atoms with van der Waals surface area (Å²) in [4.78, 5) is 37.8. The molecule has 0 saturated heterocycles. The van der Waals surface area contributed by atoms with Gasteiger partial charge in [0.05, 0.1) is 33.8 Å². The Hall–Kier alpha value is -1.51. The Labute approximate surface area is 492 Å². The van der Waals surface area contributed by atoms with E-state index >= 15 is 0 Å². The van der Waals surface area contributed by atoms with Crippen molar-refractivity contribution >= 4 is 19.7 Å². The first-order valence-electron chi connectivity index (χ1n) is 34.7. The monoisotopic (exact) mass is 1140 g/mol. The second-order valence-corrected chi connectivity index (χ2v) is 26.5. The van der Waals surface area contributed by atoms with Gasteiger partial charge in [-0.1, -0.05) is 309 Å². The van der Waals surface area contributed by atoms with Crippen LogP contribution in [-0.4, -0.2) is 74.3 Å². The van der Waals surface area contributed by atoms with Gasteiger partial charge in [0.1, 0.15) is 19.3 Å². The number of allylic oxidation sites excluding steroid dienone is 3.